The van der Waals surface area contributed by atoms with Crippen LogP contribution < -0.4 is 0 Å². The molecule has 168 valence electrons. The van der Waals surface area contributed by atoms with Gasteiger partial charge in [0.15, 0.2) is 0 Å². The number of piperidine rings is 1. The fourth-order valence-electron chi connectivity index (χ4n) is 6.95. The molecule has 5 rings (SSSR count). The lowest BCUT2D eigenvalue weighted by Crippen LogP contribution is -2.49. The van der Waals surface area contributed by atoms with Crippen molar-refractivity contribution in [2.24, 2.45) is 23.2 Å². The molecule has 1 spiro atoms. The number of nitrogens with zero attached hydrogens (tertiary/aromatic N) is 1. The van der Waals surface area contributed by atoms with E-state index in [1.807, 2.05) is 23.1 Å². The van der Waals surface area contributed by atoms with E-state index in [9.17, 15) is 9.59 Å². The van der Waals surface area contributed by atoms with Gasteiger partial charge in [-0.3, -0.25) is 0 Å². The van der Waals surface area contributed by atoms with E-state index in [4.69, 9.17) is 14.6 Å². The third kappa shape index (κ3) is 3.84. The summed E-state index contributed by atoms with van der Waals surface area (Å²) in [5.74, 6) is 0.921. The monoisotopic (exact) mass is 427 g/mol. The number of ether oxygens (including phenoxy) is 2. The van der Waals surface area contributed by atoms with Crippen LogP contribution in [0.1, 0.15) is 51.0 Å². The van der Waals surface area contributed by atoms with Crippen molar-refractivity contribution in [3.05, 3.63) is 35.9 Å². The number of carbonyl (C=O) groups is 2. The highest BCUT2D eigenvalue weighted by Crippen LogP contribution is 2.72. The Labute approximate surface area is 183 Å². The predicted molar refractivity (Wildman–Crippen MR) is 115 cm³/mol. The van der Waals surface area contributed by atoms with Gasteiger partial charge in [-0.2, -0.15) is 0 Å². The molecule has 4 aliphatic rings. The molecule has 3 aliphatic carbocycles. The number of fused-ring (bicyclic) bond motifs is 1. The smallest absolute Gasteiger partial charge is 0.410 e. The fraction of sp³-hybridized carbons (Fsp3) is 0.680. The lowest BCUT2D eigenvalue weighted by Gasteiger charge is -2.43. The highest BCUT2D eigenvalue weighted by Gasteiger charge is 2.65. The molecule has 5 unspecified atom stereocenters. The van der Waals surface area contributed by atoms with Gasteiger partial charge in [0.25, 0.3) is 0 Å². The number of carbonyl (C=O) groups excluding carboxylic acids is 1. The van der Waals surface area contributed by atoms with Crippen molar-refractivity contribution in [2.75, 3.05) is 26.3 Å². The minimum absolute atomic E-state index is 0.0608. The predicted octanol–water partition coefficient (Wildman–Crippen LogP) is 4.08. The number of hydrogen-bond acceptors (Lipinski definition) is 4. The van der Waals surface area contributed by atoms with E-state index in [0.717, 1.165) is 24.3 Å². The lowest BCUT2D eigenvalue weighted by atomic mass is 9.73. The molecule has 0 aromatic heterocycles. The Kier molecular flexibility index (Phi) is 5.24. The van der Waals surface area contributed by atoms with Crippen molar-refractivity contribution in [3.8, 4) is 0 Å². The van der Waals surface area contributed by atoms with Gasteiger partial charge in [0.1, 0.15) is 12.7 Å². The number of rotatable bonds is 6. The Morgan fingerprint density at radius 2 is 1.87 bits per heavy atom. The van der Waals surface area contributed by atoms with Gasteiger partial charge < -0.3 is 19.5 Å². The highest BCUT2D eigenvalue weighted by molar-refractivity contribution is 5.68. The second-order valence-corrected chi connectivity index (χ2v) is 10.5. The molecule has 1 heterocycles. The Morgan fingerprint density at radius 3 is 2.58 bits per heavy atom. The van der Waals surface area contributed by atoms with E-state index in [1.165, 1.54) is 25.7 Å². The lowest BCUT2D eigenvalue weighted by molar-refractivity contribution is -0.143. The second kappa shape index (κ2) is 7.80. The van der Waals surface area contributed by atoms with Crippen LogP contribution in [0.4, 0.5) is 4.79 Å². The van der Waals surface area contributed by atoms with Crippen molar-refractivity contribution in [1.29, 1.82) is 0 Å². The summed E-state index contributed by atoms with van der Waals surface area (Å²) in [7, 11) is 0. The largest absolute Gasteiger partial charge is 0.480 e. The normalized spacial score (nSPS) is 35.3. The zero-order valence-corrected chi connectivity index (χ0v) is 18.3. The molecule has 6 heteroatoms. The van der Waals surface area contributed by atoms with Gasteiger partial charge >= 0.3 is 12.1 Å². The Morgan fingerprint density at radius 1 is 1.13 bits per heavy atom. The molecule has 31 heavy (non-hydrogen) atoms. The summed E-state index contributed by atoms with van der Waals surface area (Å²) in [4.78, 5) is 25.8. The van der Waals surface area contributed by atoms with Gasteiger partial charge in [0, 0.05) is 18.5 Å². The molecule has 1 aromatic carbocycles. The standard InChI is InChI=1S/C25H33NO5/c1-17-12-25-13-18(11-20(25)14-25)22(17)31-23(29)26-9-7-24(8-10-26,16-30-15-21(27)28)19-5-3-2-4-6-19/h2-6,17-18,20,22H,7-16H2,1H3,(H,27,28). The van der Waals surface area contributed by atoms with Crippen LogP contribution in [0.15, 0.2) is 30.3 Å². The second-order valence-electron chi connectivity index (χ2n) is 10.5. The molecule has 5 atom stereocenters. The van der Waals surface area contributed by atoms with Crippen molar-refractivity contribution in [2.45, 2.75) is 57.0 Å². The average Bonchev–Trinajstić information content (AvgIpc) is 3.31. The maximum absolute atomic E-state index is 13.0. The summed E-state index contributed by atoms with van der Waals surface area (Å²) >= 11 is 0. The fourth-order valence-corrected chi connectivity index (χ4v) is 6.95. The number of likely N-dealkylation sites (tertiary alicyclic amines) is 1. The third-order valence-corrected chi connectivity index (χ3v) is 8.57. The minimum Gasteiger partial charge on any atom is -0.480 e. The third-order valence-electron chi connectivity index (χ3n) is 8.57. The zero-order chi connectivity index (χ0) is 21.6. The Hall–Kier alpha value is -2.08. The van der Waals surface area contributed by atoms with E-state index < -0.39 is 5.97 Å². The van der Waals surface area contributed by atoms with Crippen LogP contribution in [0.3, 0.4) is 0 Å². The first kappa shape index (κ1) is 20.8. The number of amides is 1. The topological polar surface area (TPSA) is 76.1 Å². The molecule has 2 bridgehead atoms. The quantitative estimate of drug-likeness (QED) is 0.740. The van der Waals surface area contributed by atoms with Crippen LogP contribution in [-0.4, -0.2) is 54.5 Å². The number of hydrogen-bond donors (Lipinski definition) is 1. The van der Waals surface area contributed by atoms with E-state index in [1.54, 1.807) is 0 Å². The molecular formula is C25H33NO5. The van der Waals surface area contributed by atoms with Crippen LogP contribution in [0.25, 0.3) is 0 Å². The average molecular weight is 428 g/mol. The molecule has 1 amide bonds. The van der Waals surface area contributed by atoms with Crippen molar-refractivity contribution in [3.63, 3.8) is 0 Å². The molecule has 1 aliphatic heterocycles. The molecule has 4 fully saturated rings. The number of aliphatic carboxylic acids is 1. The van der Waals surface area contributed by atoms with Crippen LogP contribution in [0.2, 0.25) is 0 Å². The number of benzene rings is 1. The summed E-state index contributed by atoms with van der Waals surface area (Å²) in [5, 5.41) is 8.96. The molecule has 1 saturated heterocycles. The SMILES string of the molecule is CC1CC23CC(CC2C3)C1OC(=O)N1CCC(COCC(=O)O)(c2ccccc2)CC1. The van der Waals surface area contributed by atoms with Crippen LogP contribution in [-0.2, 0) is 19.7 Å². The van der Waals surface area contributed by atoms with Crippen LogP contribution in [0.5, 0.6) is 0 Å². The van der Waals surface area contributed by atoms with Crippen molar-refractivity contribution in [1.82, 2.24) is 4.90 Å². The van der Waals surface area contributed by atoms with Crippen molar-refractivity contribution < 1.29 is 24.2 Å². The Balaban J connectivity index is 1.21. The van der Waals surface area contributed by atoms with E-state index in [-0.39, 0.29) is 24.2 Å². The molecule has 6 nitrogen and oxygen atoms in total. The van der Waals surface area contributed by atoms with Crippen LogP contribution >= 0.6 is 0 Å². The maximum atomic E-state index is 13.0. The summed E-state index contributed by atoms with van der Waals surface area (Å²) in [6, 6.07) is 10.1. The van der Waals surface area contributed by atoms with Gasteiger partial charge in [-0.05, 0) is 67.3 Å². The summed E-state index contributed by atoms with van der Waals surface area (Å²) < 4.78 is 11.6. The first-order valence-corrected chi connectivity index (χ1v) is 11.7. The van der Waals surface area contributed by atoms with E-state index in [0.29, 0.717) is 36.9 Å². The molecule has 3 saturated carbocycles. The van der Waals surface area contributed by atoms with E-state index in [2.05, 4.69) is 19.1 Å². The minimum atomic E-state index is -0.961. The number of carboxylic acid groups (broad SMARTS) is 1. The Bertz CT molecular complexity index is 834. The van der Waals surface area contributed by atoms with Gasteiger partial charge in [0.2, 0.25) is 0 Å². The van der Waals surface area contributed by atoms with Gasteiger partial charge in [-0.15, -0.1) is 0 Å². The summed E-state index contributed by atoms with van der Waals surface area (Å²) in [6.07, 6.45) is 6.45. The molecule has 1 N–H and O–H groups in total. The first-order valence-electron chi connectivity index (χ1n) is 11.7. The summed E-state index contributed by atoms with van der Waals surface area (Å²) in [6.45, 7) is 3.50. The molecular weight excluding hydrogens is 394 g/mol. The zero-order valence-electron chi connectivity index (χ0n) is 18.3. The maximum Gasteiger partial charge on any atom is 0.410 e. The number of carboxylic acids is 1. The van der Waals surface area contributed by atoms with E-state index >= 15 is 0 Å². The van der Waals surface area contributed by atoms with Crippen molar-refractivity contribution >= 4 is 12.1 Å². The highest BCUT2D eigenvalue weighted by atomic mass is 16.6. The van der Waals surface area contributed by atoms with Crippen LogP contribution in [0, 0.1) is 23.2 Å². The van der Waals surface area contributed by atoms with Gasteiger partial charge in [-0.1, -0.05) is 37.3 Å². The van der Waals surface area contributed by atoms with Gasteiger partial charge in [-0.25, -0.2) is 9.59 Å². The van der Waals surface area contributed by atoms with Gasteiger partial charge in [0.05, 0.1) is 6.61 Å². The molecule has 0 radical (unpaired) electrons. The molecule has 1 aromatic rings. The first-order chi connectivity index (χ1) is 14.9. The summed E-state index contributed by atoms with van der Waals surface area (Å²) in [5.41, 5.74) is 1.47.